The fourth-order valence-electron chi connectivity index (χ4n) is 5.98. The maximum absolute atomic E-state index is 10.0. The molecule has 7 rings (SSSR count). The third kappa shape index (κ3) is 2.69. The quantitative estimate of drug-likeness (QED) is 0.209. The van der Waals surface area contributed by atoms with Gasteiger partial charge < -0.3 is 0 Å². The lowest BCUT2D eigenvalue weighted by Crippen LogP contribution is -1.93. The molecule has 0 N–H and O–H groups in total. The summed E-state index contributed by atoms with van der Waals surface area (Å²) in [6.45, 7) is 0. The second-order valence-electron chi connectivity index (χ2n) is 9.35. The molecule has 0 aliphatic heterocycles. The number of allylic oxidation sites excluding steroid dienone is 2. The average Bonchev–Trinajstić information content (AvgIpc) is 3.44. The minimum absolute atomic E-state index is 0.0350. The third-order valence-corrected chi connectivity index (χ3v) is 7.54. The minimum atomic E-state index is 0.0350. The highest BCUT2D eigenvalue weighted by atomic mass is 14.4. The van der Waals surface area contributed by atoms with Crippen LogP contribution in [0.3, 0.4) is 0 Å². The molecule has 38 heavy (non-hydrogen) atoms. The Balaban J connectivity index is 1.69. The minimum Gasteiger partial charge on any atom is -0.192 e. The van der Waals surface area contributed by atoms with Gasteiger partial charge in [-0.3, -0.25) is 0 Å². The highest BCUT2D eigenvalue weighted by Gasteiger charge is 2.36. The number of hydrogen-bond donors (Lipinski definition) is 0. The van der Waals surface area contributed by atoms with Gasteiger partial charge in [-0.05, 0) is 84.8 Å². The maximum Gasteiger partial charge on any atom is 0.138 e. The summed E-state index contributed by atoms with van der Waals surface area (Å²) in [5.74, 6) is 0. The van der Waals surface area contributed by atoms with Crippen molar-refractivity contribution < 1.29 is 0 Å². The summed E-state index contributed by atoms with van der Waals surface area (Å²) < 4.78 is 0. The van der Waals surface area contributed by atoms with E-state index < -0.39 is 0 Å². The van der Waals surface area contributed by atoms with Crippen LogP contribution in [-0.2, 0) is 0 Å². The molecule has 0 spiro atoms. The van der Waals surface area contributed by atoms with Gasteiger partial charge in [-0.1, -0.05) is 60.7 Å². The summed E-state index contributed by atoms with van der Waals surface area (Å²) >= 11 is 0. The Morgan fingerprint density at radius 2 is 0.816 bits per heavy atom. The second kappa shape index (κ2) is 7.78. The van der Waals surface area contributed by atoms with Gasteiger partial charge in [-0.25, -0.2) is 0 Å². The van der Waals surface area contributed by atoms with Gasteiger partial charge >= 0.3 is 0 Å². The predicted octanol–water partition coefficient (Wildman–Crippen LogP) is 7.65. The van der Waals surface area contributed by atoms with Crippen molar-refractivity contribution in [3.63, 3.8) is 0 Å². The van der Waals surface area contributed by atoms with E-state index in [1.807, 2.05) is 72.8 Å². The van der Waals surface area contributed by atoms with Gasteiger partial charge in [0.2, 0.25) is 0 Å². The molecule has 5 aromatic carbocycles. The zero-order chi connectivity index (χ0) is 26.0. The largest absolute Gasteiger partial charge is 0.192 e. The van der Waals surface area contributed by atoms with E-state index in [1.54, 1.807) is 0 Å². The van der Waals surface area contributed by atoms with E-state index in [-0.39, 0.29) is 11.1 Å². The molecule has 0 heterocycles. The monoisotopic (exact) mass is 478 g/mol. The Bertz CT molecular complexity index is 2130. The van der Waals surface area contributed by atoms with Crippen molar-refractivity contribution in [3.05, 3.63) is 118 Å². The summed E-state index contributed by atoms with van der Waals surface area (Å²) in [5, 5.41) is 43.9. The van der Waals surface area contributed by atoms with Crippen molar-refractivity contribution >= 4 is 32.7 Å². The Morgan fingerprint density at radius 3 is 1.34 bits per heavy atom. The zero-order valence-corrected chi connectivity index (χ0v) is 19.9. The first kappa shape index (κ1) is 21.4. The standard InChI is InChI=1S/C34H14N4/c35-15-23(16-36)31-26-10-9-25-27-11-19-5-1-2-6-20(19)12-28(27)32(24(17-37)18-38)34(25)33(26)30-14-22-8-4-3-7-21(22)13-29(30)31/h1-14H. The molecule has 0 radical (unpaired) electrons. The second-order valence-corrected chi connectivity index (χ2v) is 9.35. The lowest BCUT2D eigenvalue weighted by atomic mass is 9.90. The molecule has 2 aliphatic carbocycles. The van der Waals surface area contributed by atoms with Gasteiger partial charge in [-0.15, -0.1) is 0 Å². The molecule has 0 saturated carbocycles. The van der Waals surface area contributed by atoms with Crippen molar-refractivity contribution in [1.29, 1.82) is 21.0 Å². The number of rotatable bonds is 0. The zero-order valence-electron chi connectivity index (χ0n) is 19.9. The van der Waals surface area contributed by atoms with E-state index in [1.165, 1.54) is 0 Å². The first-order valence-corrected chi connectivity index (χ1v) is 12.0. The molecule has 0 amide bonds. The fraction of sp³-hybridized carbons (Fsp3) is 0. The fourth-order valence-corrected chi connectivity index (χ4v) is 5.98. The van der Waals surface area contributed by atoms with Gasteiger partial charge in [0.05, 0.1) is 0 Å². The molecule has 4 nitrogen and oxygen atoms in total. The van der Waals surface area contributed by atoms with Crippen molar-refractivity contribution in [2.75, 3.05) is 0 Å². The maximum atomic E-state index is 10.0. The van der Waals surface area contributed by atoms with Gasteiger partial charge in [0.15, 0.2) is 0 Å². The Hall–Kier alpha value is -5.94. The molecule has 0 unspecified atom stereocenters. The number of fused-ring (bicyclic) bond motifs is 9. The number of nitrogens with zero attached hydrogens (tertiary/aromatic N) is 4. The van der Waals surface area contributed by atoms with Crippen LogP contribution in [0.25, 0.3) is 54.9 Å². The summed E-state index contributed by atoms with van der Waals surface area (Å²) in [6, 6.07) is 36.6. The molecular formula is C34H14N4. The van der Waals surface area contributed by atoms with E-state index in [0.29, 0.717) is 11.1 Å². The highest BCUT2D eigenvalue weighted by molar-refractivity contribution is 6.17. The van der Waals surface area contributed by atoms with E-state index in [2.05, 4.69) is 36.4 Å². The predicted molar refractivity (Wildman–Crippen MR) is 147 cm³/mol. The first-order chi connectivity index (χ1) is 18.7. The summed E-state index contributed by atoms with van der Waals surface area (Å²) in [4.78, 5) is 0. The van der Waals surface area contributed by atoms with Crippen molar-refractivity contribution in [2.45, 2.75) is 0 Å². The van der Waals surface area contributed by atoms with Crippen LogP contribution in [0, 0.1) is 45.3 Å². The topological polar surface area (TPSA) is 95.2 Å². The summed E-state index contributed by atoms with van der Waals surface area (Å²) in [6.07, 6.45) is 0. The molecule has 0 aromatic heterocycles. The Morgan fingerprint density at radius 1 is 0.395 bits per heavy atom. The average molecular weight is 479 g/mol. The number of hydrogen-bond acceptors (Lipinski definition) is 4. The van der Waals surface area contributed by atoms with E-state index in [0.717, 1.165) is 66.1 Å². The molecule has 0 bridgehead atoms. The first-order valence-electron chi connectivity index (χ1n) is 12.0. The SMILES string of the molecule is N#CC(C#N)=C1c2cc3ccccc3cc2-c2c1ccc1c2C(=C(C#N)C#N)c2cc3ccccc3cc2-1. The summed E-state index contributed by atoms with van der Waals surface area (Å²) in [7, 11) is 0. The van der Waals surface area contributed by atoms with Crippen LogP contribution in [0.4, 0.5) is 0 Å². The number of benzene rings is 5. The van der Waals surface area contributed by atoms with Gasteiger partial charge in [0.25, 0.3) is 0 Å². The van der Waals surface area contributed by atoms with Crippen molar-refractivity contribution in [3.8, 4) is 46.5 Å². The van der Waals surface area contributed by atoms with Crippen LogP contribution < -0.4 is 0 Å². The van der Waals surface area contributed by atoms with Crippen LogP contribution in [0.5, 0.6) is 0 Å². The summed E-state index contributed by atoms with van der Waals surface area (Å²) in [5.41, 5.74) is 8.08. The lowest BCUT2D eigenvalue weighted by Gasteiger charge is -2.11. The van der Waals surface area contributed by atoms with Crippen LogP contribution in [-0.4, -0.2) is 0 Å². The smallest absolute Gasteiger partial charge is 0.138 e. The van der Waals surface area contributed by atoms with Gasteiger partial charge in [0, 0.05) is 16.7 Å². The molecule has 4 heteroatoms. The van der Waals surface area contributed by atoms with Crippen LogP contribution in [0.2, 0.25) is 0 Å². The van der Waals surface area contributed by atoms with Crippen molar-refractivity contribution in [1.82, 2.24) is 0 Å². The van der Waals surface area contributed by atoms with Crippen LogP contribution >= 0.6 is 0 Å². The molecule has 2 aliphatic rings. The van der Waals surface area contributed by atoms with Crippen molar-refractivity contribution in [2.24, 2.45) is 0 Å². The Labute approximate surface area is 218 Å². The van der Waals surface area contributed by atoms with Crippen LogP contribution in [0.15, 0.2) is 96.1 Å². The molecule has 0 fully saturated rings. The highest BCUT2D eigenvalue weighted by Crippen LogP contribution is 2.57. The number of nitriles is 4. The molecule has 0 atom stereocenters. The normalized spacial score (nSPS) is 12.0. The Kier molecular flexibility index (Phi) is 4.37. The van der Waals surface area contributed by atoms with Crippen LogP contribution in [0.1, 0.15) is 22.3 Å². The van der Waals surface area contributed by atoms with Gasteiger partial charge in [0.1, 0.15) is 35.4 Å². The molecule has 0 saturated heterocycles. The molecule has 170 valence electrons. The lowest BCUT2D eigenvalue weighted by molar-refractivity contribution is 1.46. The van der Waals surface area contributed by atoms with E-state index in [9.17, 15) is 21.0 Å². The molecular weight excluding hydrogens is 464 g/mol. The van der Waals surface area contributed by atoms with E-state index in [4.69, 9.17) is 0 Å². The molecule has 5 aromatic rings. The van der Waals surface area contributed by atoms with Gasteiger partial charge in [-0.2, -0.15) is 21.0 Å². The van der Waals surface area contributed by atoms with E-state index >= 15 is 0 Å². The third-order valence-electron chi connectivity index (χ3n) is 7.54.